The lowest BCUT2D eigenvalue weighted by Gasteiger charge is -2.17. The van der Waals surface area contributed by atoms with E-state index in [2.05, 4.69) is 12.2 Å². The molecule has 1 aliphatic heterocycles. The molecule has 13 heavy (non-hydrogen) atoms. The summed E-state index contributed by atoms with van der Waals surface area (Å²) in [7, 11) is 0. The van der Waals surface area contributed by atoms with E-state index in [1.807, 2.05) is 11.8 Å². The molecule has 0 aromatic heterocycles. The van der Waals surface area contributed by atoms with Crippen LogP contribution in [0, 0.1) is 5.92 Å². The predicted molar refractivity (Wildman–Crippen MR) is 59.2 cm³/mol. The highest BCUT2D eigenvalue weighted by atomic mass is 32.2. The third kappa shape index (κ3) is 4.34. The first-order chi connectivity index (χ1) is 6.36. The first kappa shape index (κ1) is 11.3. The number of thioether (sulfide) groups is 1. The zero-order valence-corrected chi connectivity index (χ0v) is 9.28. The van der Waals surface area contributed by atoms with E-state index in [-0.39, 0.29) is 0 Å². The first-order valence-electron chi connectivity index (χ1n) is 5.28. The van der Waals surface area contributed by atoms with Crippen molar-refractivity contribution >= 4 is 11.8 Å². The van der Waals surface area contributed by atoms with Crippen LogP contribution in [-0.4, -0.2) is 35.8 Å². The quantitative estimate of drug-likeness (QED) is 0.686. The average molecular weight is 203 g/mol. The topological polar surface area (TPSA) is 32.3 Å². The van der Waals surface area contributed by atoms with Crippen LogP contribution in [0.3, 0.4) is 0 Å². The molecular weight excluding hydrogens is 182 g/mol. The second-order valence-electron chi connectivity index (χ2n) is 3.76. The summed E-state index contributed by atoms with van der Waals surface area (Å²) in [6.07, 6.45) is 3.44. The van der Waals surface area contributed by atoms with Gasteiger partial charge in [0.2, 0.25) is 0 Å². The van der Waals surface area contributed by atoms with Crippen molar-refractivity contribution in [2.24, 2.45) is 5.92 Å². The standard InChI is InChI=1S/C10H21NOS/c1-2-9(3-5-12)7-11-10-4-6-13-8-10/h9-12H,2-8H2,1H3. The van der Waals surface area contributed by atoms with Crippen molar-refractivity contribution in [3.8, 4) is 0 Å². The zero-order chi connectivity index (χ0) is 9.52. The molecule has 0 aromatic rings. The van der Waals surface area contributed by atoms with E-state index >= 15 is 0 Å². The normalized spacial score (nSPS) is 24.9. The fourth-order valence-electron chi connectivity index (χ4n) is 1.66. The number of nitrogens with one attached hydrogen (secondary N) is 1. The van der Waals surface area contributed by atoms with Gasteiger partial charge in [-0.2, -0.15) is 11.8 Å². The van der Waals surface area contributed by atoms with E-state index in [0.29, 0.717) is 12.5 Å². The van der Waals surface area contributed by atoms with Crippen LogP contribution in [-0.2, 0) is 0 Å². The molecule has 2 atom stereocenters. The molecule has 0 bridgehead atoms. The molecule has 1 fully saturated rings. The lowest BCUT2D eigenvalue weighted by molar-refractivity contribution is 0.249. The zero-order valence-electron chi connectivity index (χ0n) is 8.46. The summed E-state index contributed by atoms with van der Waals surface area (Å²) in [5.41, 5.74) is 0. The Hall–Kier alpha value is 0.270. The first-order valence-corrected chi connectivity index (χ1v) is 6.44. The van der Waals surface area contributed by atoms with Gasteiger partial charge in [-0.15, -0.1) is 0 Å². The molecule has 1 rings (SSSR count). The number of rotatable bonds is 6. The van der Waals surface area contributed by atoms with E-state index in [1.54, 1.807) is 0 Å². The molecule has 78 valence electrons. The molecule has 0 aromatic carbocycles. The molecule has 0 spiro atoms. The maximum atomic E-state index is 8.83. The maximum Gasteiger partial charge on any atom is 0.0434 e. The summed E-state index contributed by atoms with van der Waals surface area (Å²) < 4.78 is 0. The molecule has 1 saturated heterocycles. The van der Waals surface area contributed by atoms with Crippen LogP contribution in [0.25, 0.3) is 0 Å². The van der Waals surface area contributed by atoms with Gasteiger partial charge in [-0.25, -0.2) is 0 Å². The van der Waals surface area contributed by atoms with Gasteiger partial charge in [0.05, 0.1) is 0 Å². The third-order valence-corrected chi connectivity index (χ3v) is 3.90. The van der Waals surface area contributed by atoms with E-state index in [4.69, 9.17) is 5.11 Å². The highest BCUT2D eigenvalue weighted by molar-refractivity contribution is 7.99. The molecule has 2 nitrogen and oxygen atoms in total. The van der Waals surface area contributed by atoms with Crippen LogP contribution in [0.15, 0.2) is 0 Å². The van der Waals surface area contributed by atoms with Gasteiger partial charge in [0.15, 0.2) is 0 Å². The van der Waals surface area contributed by atoms with Crippen LogP contribution in [0.2, 0.25) is 0 Å². The van der Waals surface area contributed by atoms with Gasteiger partial charge < -0.3 is 10.4 Å². The molecular formula is C10H21NOS. The number of aliphatic hydroxyl groups is 1. The largest absolute Gasteiger partial charge is 0.396 e. The van der Waals surface area contributed by atoms with Crippen molar-refractivity contribution < 1.29 is 5.11 Å². The second-order valence-corrected chi connectivity index (χ2v) is 4.91. The molecule has 3 heteroatoms. The highest BCUT2D eigenvalue weighted by Gasteiger charge is 2.15. The Morgan fingerprint density at radius 2 is 2.46 bits per heavy atom. The van der Waals surface area contributed by atoms with Crippen molar-refractivity contribution in [1.82, 2.24) is 5.32 Å². The van der Waals surface area contributed by atoms with Gasteiger partial charge in [0, 0.05) is 18.4 Å². The minimum atomic E-state index is 0.333. The minimum absolute atomic E-state index is 0.333. The summed E-state index contributed by atoms with van der Waals surface area (Å²) >= 11 is 2.04. The summed E-state index contributed by atoms with van der Waals surface area (Å²) in [5, 5.41) is 12.4. The molecule has 1 heterocycles. The van der Waals surface area contributed by atoms with Crippen LogP contribution in [0.1, 0.15) is 26.2 Å². The Balaban J connectivity index is 2.07. The van der Waals surface area contributed by atoms with E-state index in [1.165, 1.54) is 24.3 Å². The summed E-state index contributed by atoms with van der Waals surface area (Å²) in [6.45, 7) is 3.62. The molecule has 2 N–H and O–H groups in total. The average Bonchev–Trinajstić information content (AvgIpc) is 2.64. The van der Waals surface area contributed by atoms with Gasteiger partial charge in [-0.3, -0.25) is 0 Å². The fraction of sp³-hybridized carbons (Fsp3) is 1.00. The van der Waals surface area contributed by atoms with Gasteiger partial charge in [0.25, 0.3) is 0 Å². The summed E-state index contributed by atoms with van der Waals surface area (Å²) in [5.74, 6) is 3.25. The monoisotopic (exact) mass is 203 g/mol. The van der Waals surface area contributed by atoms with E-state index in [0.717, 1.165) is 19.0 Å². The molecule has 0 saturated carbocycles. The Kier molecular flexibility index (Phi) is 5.83. The fourth-order valence-corrected chi connectivity index (χ4v) is 2.85. The van der Waals surface area contributed by atoms with Crippen molar-refractivity contribution in [3.05, 3.63) is 0 Å². The number of hydrogen-bond acceptors (Lipinski definition) is 3. The maximum absolute atomic E-state index is 8.83. The Morgan fingerprint density at radius 3 is 3.00 bits per heavy atom. The SMILES string of the molecule is CCC(CCO)CNC1CCSC1. The lowest BCUT2D eigenvalue weighted by atomic mass is 10.0. The van der Waals surface area contributed by atoms with Crippen molar-refractivity contribution in [2.75, 3.05) is 24.7 Å². The Bertz CT molecular complexity index is 126. The smallest absolute Gasteiger partial charge is 0.0434 e. The van der Waals surface area contributed by atoms with Crippen molar-refractivity contribution in [3.63, 3.8) is 0 Å². The van der Waals surface area contributed by atoms with E-state index < -0.39 is 0 Å². The van der Waals surface area contributed by atoms with Gasteiger partial charge in [0.1, 0.15) is 0 Å². The number of hydrogen-bond donors (Lipinski definition) is 2. The van der Waals surface area contributed by atoms with Crippen molar-refractivity contribution in [2.45, 2.75) is 32.2 Å². The van der Waals surface area contributed by atoms with Gasteiger partial charge in [-0.05, 0) is 31.1 Å². The lowest BCUT2D eigenvalue weighted by Crippen LogP contribution is -2.33. The highest BCUT2D eigenvalue weighted by Crippen LogP contribution is 2.17. The molecule has 0 aliphatic carbocycles. The van der Waals surface area contributed by atoms with Crippen LogP contribution < -0.4 is 5.32 Å². The summed E-state index contributed by atoms with van der Waals surface area (Å²) in [6, 6.07) is 0.734. The van der Waals surface area contributed by atoms with Gasteiger partial charge >= 0.3 is 0 Å². The minimum Gasteiger partial charge on any atom is -0.396 e. The Labute approximate surface area is 85.5 Å². The molecule has 1 aliphatic rings. The summed E-state index contributed by atoms with van der Waals surface area (Å²) in [4.78, 5) is 0. The van der Waals surface area contributed by atoms with Crippen LogP contribution >= 0.6 is 11.8 Å². The van der Waals surface area contributed by atoms with Gasteiger partial charge in [-0.1, -0.05) is 13.3 Å². The molecule has 0 amide bonds. The van der Waals surface area contributed by atoms with Crippen LogP contribution in [0.4, 0.5) is 0 Å². The number of aliphatic hydroxyl groups excluding tert-OH is 1. The second kappa shape index (κ2) is 6.68. The Morgan fingerprint density at radius 1 is 1.62 bits per heavy atom. The van der Waals surface area contributed by atoms with E-state index in [9.17, 15) is 0 Å². The predicted octanol–water partition coefficient (Wildman–Crippen LogP) is 1.49. The van der Waals surface area contributed by atoms with Crippen LogP contribution in [0.5, 0.6) is 0 Å². The van der Waals surface area contributed by atoms with Crippen molar-refractivity contribution in [1.29, 1.82) is 0 Å². The third-order valence-electron chi connectivity index (χ3n) is 2.74. The molecule has 0 radical (unpaired) electrons. The molecule has 2 unspecified atom stereocenters.